The Morgan fingerprint density at radius 1 is 1.00 bits per heavy atom. The van der Waals surface area contributed by atoms with Crippen molar-refractivity contribution >= 4 is 27.8 Å². The van der Waals surface area contributed by atoms with Crippen molar-refractivity contribution in [1.29, 1.82) is 0 Å². The van der Waals surface area contributed by atoms with E-state index in [4.69, 9.17) is 0 Å². The van der Waals surface area contributed by atoms with Crippen molar-refractivity contribution in [3.05, 3.63) is 28.3 Å². The van der Waals surface area contributed by atoms with Crippen molar-refractivity contribution in [1.82, 2.24) is 0 Å². The molecule has 0 aliphatic carbocycles. The van der Waals surface area contributed by atoms with Gasteiger partial charge >= 0.3 is 0 Å². The van der Waals surface area contributed by atoms with Crippen LogP contribution in [0.2, 0.25) is 0 Å². The Balaban J connectivity index is 0.00000144. The van der Waals surface area contributed by atoms with Crippen LogP contribution in [0, 0.1) is 27.7 Å². The second-order valence-corrected chi connectivity index (χ2v) is 7.13. The van der Waals surface area contributed by atoms with Crippen molar-refractivity contribution in [2.75, 3.05) is 0 Å². The van der Waals surface area contributed by atoms with E-state index in [0.29, 0.717) is 0 Å². The van der Waals surface area contributed by atoms with Crippen LogP contribution in [-0.2, 0) is 17.1 Å². The minimum absolute atomic E-state index is 0. The van der Waals surface area contributed by atoms with Gasteiger partial charge in [0.2, 0.25) is 0 Å². The molecule has 13 heavy (non-hydrogen) atoms. The van der Waals surface area contributed by atoms with Crippen LogP contribution in [0.3, 0.4) is 0 Å². The number of hydrogen-bond acceptors (Lipinski definition) is 0. The number of benzene rings is 1. The Morgan fingerprint density at radius 2 is 1.38 bits per heavy atom. The zero-order valence-electron chi connectivity index (χ0n) is 9.16. The minimum atomic E-state index is 0. The number of hydrogen-bond donors (Lipinski definition) is 0. The molecule has 0 atom stereocenters. The minimum Gasteiger partial charge on any atom is -0.114 e. The normalized spacial score (nSPS) is 9.54. The van der Waals surface area contributed by atoms with E-state index in [0.717, 1.165) is 0 Å². The molecular formula is C10H17AlMnSi. The van der Waals surface area contributed by atoms with E-state index in [1.165, 1.54) is 19.9 Å². The van der Waals surface area contributed by atoms with Crippen LogP contribution in [0.25, 0.3) is 0 Å². The van der Waals surface area contributed by atoms with E-state index in [1.54, 1.807) is 15.6 Å². The molecule has 1 aromatic carbocycles. The first-order valence-electron chi connectivity index (χ1n) is 4.64. The Morgan fingerprint density at radius 3 is 1.69 bits per heavy atom. The molecular weight excluding hydrogens is 230 g/mol. The average molecular weight is 247 g/mol. The topological polar surface area (TPSA) is 0 Å². The van der Waals surface area contributed by atoms with E-state index in [-0.39, 0.29) is 31.6 Å². The van der Waals surface area contributed by atoms with Crippen LogP contribution < -0.4 is 4.43 Å². The second-order valence-electron chi connectivity index (χ2n) is 3.59. The smallest absolute Gasteiger partial charge is 0.114 e. The first-order valence-corrected chi connectivity index (χ1v) is 11.0. The summed E-state index contributed by atoms with van der Waals surface area (Å²) in [6, 6.07) is 2.32. The molecule has 0 saturated carbocycles. The van der Waals surface area contributed by atoms with Gasteiger partial charge in [0.25, 0.3) is 14.6 Å². The summed E-state index contributed by atoms with van der Waals surface area (Å²) in [5.74, 6) is 0. The van der Waals surface area contributed by atoms with Crippen molar-refractivity contribution in [3.63, 3.8) is 0 Å². The van der Waals surface area contributed by atoms with Gasteiger partial charge in [0.1, 0.15) is 0 Å². The van der Waals surface area contributed by atoms with Crippen LogP contribution in [0.4, 0.5) is 0 Å². The predicted molar refractivity (Wildman–Crippen MR) is 62.1 cm³/mol. The fraction of sp³-hybridized carbons (Fsp3) is 0.400. The van der Waals surface area contributed by atoms with Crippen LogP contribution in [0.15, 0.2) is 6.07 Å². The number of rotatable bonds is 1. The van der Waals surface area contributed by atoms with Crippen LogP contribution in [-0.4, -0.2) is 23.4 Å². The SMILES string of the molecule is Cc1cc(C)c(C)[c]([AlH][SiH3])c1C.[Mn]. The van der Waals surface area contributed by atoms with Gasteiger partial charge in [-0.2, -0.15) is 0 Å². The summed E-state index contributed by atoms with van der Waals surface area (Å²) in [4.78, 5) is 0. The number of aryl methyl sites for hydroxylation is 2. The second kappa shape index (κ2) is 5.39. The zero-order chi connectivity index (χ0) is 9.30. The van der Waals surface area contributed by atoms with Gasteiger partial charge in [-0.25, -0.2) is 0 Å². The summed E-state index contributed by atoms with van der Waals surface area (Å²) in [6.45, 7) is 9.03. The van der Waals surface area contributed by atoms with Gasteiger partial charge in [-0.3, -0.25) is 0 Å². The van der Waals surface area contributed by atoms with E-state index < -0.39 is 0 Å². The fourth-order valence-electron chi connectivity index (χ4n) is 1.83. The molecule has 0 amide bonds. The molecule has 0 spiro atoms. The van der Waals surface area contributed by atoms with E-state index in [9.17, 15) is 0 Å². The first-order chi connectivity index (χ1) is 5.57. The van der Waals surface area contributed by atoms with Crippen molar-refractivity contribution in [2.45, 2.75) is 27.7 Å². The molecule has 1 aromatic rings. The molecule has 0 aromatic heterocycles. The molecule has 0 aliphatic rings. The van der Waals surface area contributed by atoms with Gasteiger partial charge < -0.3 is 0 Å². The molecule has 1 rings (SSSR count). The maximum atomic E-state index is 2.32. The maximum absolute atomic E-state index is 2.32. The molecule has 0 bridgehead atoms. The summed E-state index contributed by atoms with van der Waals surface area (Å²) < 4.78 is 1.74. The van der Waals surface area contributed by atoms with Crippen molar-refractivity contribution in [2.24, 2.45) is 0 Å². The molecule has 1 radical (unpaired) electrons. The van der Waals surface area contributed by atoms with Gasteiger partial charge in [-0.05, 0) is 47.6 Å². The summed E-state index contributed by atoms with van der Waals surface area (Å²) >= 11 is 0.130. The van der Waals surface area contributed by atoms with Crippen LogP contribution in [0.5, 0.6) is 0 Å². The quantitative estimate of drug-likeness (QED) is 0.625. The van der Waals surface area contributed by atoms with E-state index in [1.807, 2.05) is 0 Å². The molecule has 0 saturated heterocycles. The molecule has 0 fully saturated rings. The third-order valence-electron chi connectivity index (χ3n) is 2.87. The van der Waals surface area contributed by atoms with E-state index in [2.05, 4.69) is 33.8 Å². The summed E-state index contributed by atoms with van der Waals surface area (Å²) in [5, 5.41) is 0. The molecule has 0 heterocycles. The monoisotopic (exact) mass is 247 g/mol. The Bertz CT molecular complexity index is 284. The Kier molecular flexibility index (Phi) is 5.59. The molecule has 3 heteroatoms. The van der Waals surface area contributed by atoms with Crippen molar-refractivity contribution in [3.8, 4) is 0 Å². The maximum Gasteiger partial charge on any atom is 0.263 e. The van der Waals surface area contributed by atoms with Gasteiger partial charge in [-0.15, -0.1) is 4.43 Å². The summed E-state index contributed by atoms with van der Waals surface area (Å²) in [7, 11) is 1.41. The Hall–Kier alpha value is 0.489. The van der Waals surface area contributed by atoms with Crippen LogP contribution >= 0.6 is 0 Å². The van der Waals surface area contributed by atoms with Gasteiger partial charge in [0, 0.05) is 17.1 Å². The summed E-state index contributed by atoms with van der Waals surface area (Å²) in [5.41, 5.74) is 6.10. The van der Waals surface area contributed by atoms with Crippen LogP contribution in [0.1, 0.15) is 22.3 Å². The third-order valence-corrected chi connectivity index (χ3v) is 6.76. The zero-order valence-corrected chi connectivity index (χ0v) is 13.8. The Labute approximate surface area is 101 Å². The molecule has 71 valence electrons. The molecule has 0 nitrogen and oxygen atoms in total. The molecule has 0 N–H and O–H groups in total. The third kappa shape index (κ3) is 2.72. The van der Waals surface area contributed by atoms with Crippen molar-refractivity contribution < 1.29 is 17.1 Å². The van der Waals surface area contributed by atoms with E-state index >= 15 is 0 Å². The summed E-state index contributed by atoms with van der Waals surface area (Å²) in [6.07, 6.45) is 0. The molecule has 0 unspecified atom stereocenters. The fourth-order valence-corrected chi connectivity index (χ4v) is 6.63. The van der Waals surface area contributed by atoms with Gasteiger partial charge in [0.15, 0.2) is 0 Å². The first kappa shape index (κ1) is 13.5. The van der Waals surface area contributed by atoms with Gasteiger partial charge in [0.05, 0.1) is 0 Å². The average Bonchev–Trinajstić information content (AvgIpc) is 2.02. The molecule has 0 aliphatic heterocycles. The van der Waals surface area contributed by atoms with Gasteiger partial charge in [-0.1, -0.05) is 17.2 Å². The predicted octanol–water partition coefficient (Wildman–Crippen LogP) is 0.260. The standard InChI is InChI=1S/C10H13.Al.Mn.H3Si.H/c1-7-5-9(3)10(4)6-8(7)2;;;;/h5H,1-4H3;;;1H3;. The largest absolute Gasteiger partial charge is 0.263 e.